The molecule has 84 valence electrons. The van der Waals surface area contributed by atoms with Crippen LogP contribution < -0.4 is 0 Å². The molecule has 0 aromatic heterocycles. The summed E-state index contributed by atoms with van der Waals surface area (Å²) in [6.07, 6.45) is -4.59. The number of alkyl halides is 3. The zero-order valence-electron chi connectivity index (χ0n) is 7.71. The molecule has 1 aromatic carbocycles. The van der Waals surface area contributed by atoms with Crippen molar-refractivity contribution in [1.29, 1.82) is 0 Å². The van der Waals surface area contributed by atoms with E-state index in [-0.39, 0.29) is 0 Å². The van der Waals surface area contributed by atoms with Gasteiger partial charge < -0.3 is 15.3 Å². The lowest BCUT2D eigenvalue weighted by molar-refractivity contribution is -0.324. The highest BCUT2D eigenvalue weighted by Crippen LogP contribution is 2.34. The van der Waals surface area contributed by atoms with Crippen molar-refractivity contribution in [2.24, 2.45) is 0 Å². The average molecular weight is 222 g/mol. The topological polar surface area (TPSA) is 60.7 Å². The van der Waals surface area contributed by atoms with Crippen molar-refractivity contribution in [2.75, 3.05) is 0 Å². The highest BCUT2D eigenvalue weighted by atomic mass is 19.4. The zero-order valence-corrected chi connectivity index (χ0v) is 7.71. The molecule has 0 heterocycles. The van der Waals surface area contributed by atoms with Crippen molar-refractivity contribution in [2.45, 2.75) is 19.1 Å². The lowest BCUT2D eigenvalue weighted by atomic mass is 10.0. The third-order valence-corrected chi connectivity index (χ3v) is 2.00. The van der Waals surface area contributed by atoms with Crippen LogP contribution in [-0.2, 0) is 12.1 Å². The minimum Gasteiger partial charge on any atom is -0.340 e. The van der Waals surface area contributed by atoms with Gasteiger partial charge in [0.1, 0.15) is 0 Å². The Balaban J connectivity index is 3.37. The molecule has 1 rings (SSSR count). The maximum atomic E-state index is 12.4. The molecule has 0 aliphatic rings. The average Bonchev–Trinajstić information content (AvgIpc) is 1.99. The summed E-state index contributed by atoms with van der Waals surface area (Å²) >= 11 is 0. The molecular formula is C9H9F3O3. The molecule has 3 N–H and O–H groups in total. The quantitative estimate of drug-likeness (QED) is 0.623. The molecule has 0 atom stereocenters. The highest BCUT2D eigenvalue weighted by Gasteiger charge is 2.35. The molecule has 0 amide bonds. The minimum atomic E-state index is -4.59. The molecule has 0 bridgehead atoms. The first-order valence-electron chi connectivity index (χ1n) is 3.98. The summed E-state index contributed by atoms with van der Waals surface area (Å²) in [7, 11) is 0. The van der Waals surface area contributed by atoms with Gasteiger partial charge in [0.15, 0.2) is 0 Å². The van der Waals surface area contributed by atoms with Crippen LogP contribution in [0.25, 0.3) is 0 Å². The van der Waals surface area contributed by atoms with Gasteiger partial charge in [-0.3, -0.25) is 0 Å². The summed E-state index contributed by atoms with van der Waals surface area (Å²) < 4.78 is 37.1. The van der Waals surface area contributed by atoms with Gasteiger partial charge in [0.2, 0.25) is 0 Å². The van der Waals surface area contributed by atoms with Crippen molar-refractivity contribution in [3.63, 3.8) is 0 Å². The van der Waals surface area contributed by atoms with Gasteiger partial charge in [0.25, 0.3) is 0 Å². The van der Waals surface area contributed by atoms with Crippen LogP contribution in [0.15, 0.2) is 18.2 Å². The van der Waals surface area contributed by atoms with E-state index in [1.165, 1.54) is 0 Å². The van der Waals surface area contributed by atoms with Gasteiger partial charge in [-0.2, -0.15) is 13.2 Å². The number of halogens is 3. The molecule has 3 nitrogen and oxygen atoms in total. The molecule has 0 fully saturated rings. The first-order chi connectivity index (χ1) is 6.64. The Bertz CT molecular complexity index is 334. The molecule has 0 radical (unpaired) electrons. The van der Waals surface area contributed by atoms with Gasteiger partial charge >= 0.3 is 12.1 Å². The van der Waals surface area contributed by atoms with E-state index in [0.29, 0.717) is 0 Å². The first kappa shape index (κ1) is 12.0. The molecule has 0 spiro atoms. The second-order valence-electron chi connectivity index (χ2n) is 3.11. The molecule has 0 saturated carbocycles. The van der Waals surface area contributed by atoms with E-state index in [4.69, 9.17) is 15.3 Å². The van der Waals surface area contributed by atoms with Crippen LogP contribution in [0.3, 0.4) is 0 Å². The normalized spacial score (nSPS) is 13.0. The van der Waals surface area contributed by atoms with Crippen molar-refractivity contribution in [1.82, 2.24) is 0 Å². The van der Waals surface area contributed by atoms with Gasteiger partial charge in [-0.15, -0.1) is 0 Å². The van der Waals surface area contributed by atoms with E-state index in [2.05, 4.69) is 0 Å². The van der Waals surface area contributed by atoms with E-state index in [1.54, 1.807) is 0 Å². The van der Waals surface area contributed by atoms with Crippen molar-refractivity contribution in [3.8, 4) is 0 Å². The molecule has 1 aromatic rings. The summed E-state index contributed by atoms with van der Waals surface area (Å²) in [6, 6.07) is 2.79. The Kier molecular flexibility index (Phi) is 2.77. The van der Waals surface area contributed by atoms with Crippen molar-refractivity contribution in [3.05, 3.63) is 34.9 Å². The first-order valence-corrected chi connectivity index (χ1v) is 3.98. The molecule has 0 aliphatic heterocycles. The van der Waals surface area contributed by atoms with Crippen LogP contribution in [-0.4, -0.2) is 15.3 Å². The van der Waals surface area contributed by atoms with Crippen LogP contribution >= 0.6 is 0 Å². The van der Waals surface area contributed by atoms with Crippen molar-refractivity contribution >= 4 is 0 Å². The lowest BCUT2D eigenvalue weighted by Crippen LogP contribution is -2.26. The minimum absolute atomic E-state index is 0.419. The summed E-state index contributed by atoms with van der Waals surface area (Å²) in [5.41, 5.74) is -2.02. The van der Waals surface area contributed by atoms with Crippen LogP contribution in [0.2, 0.25) is 0 Å². The predicted molar refractivity (Wildman–Crippen MR) is 44.5 cm³/mol. The van der Waals surface area contributed by atoms with E-state index < -0.39 is 28.8 Å². The second-order valence-corrected chi connectivity index (χ2v) is 3.11. The molecule has 0 unspecified atom stereocenters. The second kappa shape index (κ2) is 3.48. The SMILES string of the molecule is Cc1c(C(O)(O)O)cccc1C(F)(F)F. The van der Waals surface area contributed by atoms with Gasteiger partial charge in [0, 0.05) is 5.56 Å². The Hall–Kier alpha value is -1.11. The summed E-state index contributed by atoms with van der Waals surface area (Å²) in [6.45, 7) is 1.05. The van der Waals surface area contributed by atoms with E-state index >= 15 is 0 Å². The van der Waals surface area contributed by atoms with Gasteiger partial charge in [0.05, 0.1) is 5.56 Å². The molecule has 0 saturated heterocycles. The van der Waals surface area contributed by atoms with Gasteiger partial charge in [-0.1, -0.05) is 12.1 Å². The summed E-state index contributed by atoms with van der Waals surface area (Å²) in [5.74, 6) is -3.26. The fourth-order valence-electron chi connectivity index (χ4n) is 1.31. The third kappa shape index (κ3) is 2.47. The van der Waals surface area contributed by atoms with Crippen LogP contribution in [0, 0.1) is 6.92 Å². The molecule has 6 heteroatoms. The van der Waals surface area contributed by atoms with E-state index in [0.717, 1.165) is 25.1 Å². The Morgan fingerprint density at radius 3 is 1.87 bits per heavy atom. The third-order valence-electron chi connectivity index (χ3n) is 2.00. The largest absolute Gasteiger partial charge is 0.416 e. The predicted octanol–water partition coefficient (Wildman–Crippen LogP) is 1.10. The number of aliphatic hydroxyl groups is 3. The number of benzene rings is 1. The fourth-order valence-corrected chi connectivity index (χ4v) is 1.31. The molecule has 15 heavy (non-hydrogen) atoms. The molecular weight excluding hydrogens is 213 g/mol. The fraction of sp³-hybridized carbons (Fsp3) is 0.333. The van der Waals surface area contributed by atoms with E-state index in [1.807, 2.05) is 0 Å². The van der Waals surface area contributed by atoms with Crippen LogP contribution in [0.5, 0.6) is 0 Å². The Labute approximate surface area is 83.4 Å². The lowest BCUT2D eigenvalue weighted by Gasteiger charge is -2.19. The Morgan fingerprint density at radius 2 is 1.47 bits per heavy atom. The molecule has 0 aliphatic carbocycles. The maximum Gasteiger partial charge on any atom is 0.416 e. The standard InChI is InChI=1S/C9H9F3O3/c1-5-6(8(10,11)12)3-2-4-7(5)9(13,14)15/h2-4,13-15H,1H3. The van der Waals surface area contributed by atoms with Gasteiger partial charge in [-0.25, -0.2) is 0 Å². The van der Waals surface area contributed by atoms with Crippen LogP contribution in [0.1, 0.15) is 16.7 Å². The highest BCUT2D eigenvalue weighted by molar-refractivity contribution is 5.37. The van der Waals surface area contributed by atoms with E-state index in [9.17, 15) is 13.2 Å². The maximum absolute atomic E-state index is 12.4. The monoisotopic (exact) mass is 222 g/mol. The summed E-state index contributed by atoms with van der Waals surface area (Å²) in [5, 5.41) is 26.4. The zero-order chi connectivity index (χ0) is 11.9. The smallest absolute Gasteiger partial charge is 0.340 e. The number of hydrogen-bond acceptors (Lipinski definition) is 3. The van der Waals surface area contributed by atoms with Crippen LogP contribution in [0.4, 0.5) is 13.2 Å². The summed E-state index contributed by atoms with van der Waals surface area (Å²) in [4.78, 5) is 0. The Morgan fingerprint density at radius 1 is 1.00 bits per heavy atom. The number of hydrogen-bond donors (Lipinski definition) is 3. The van der Waals surface area contributed by atoms with Gasteiger partial charge in [-0.05, 0) is 18.6 Å². The number of rotatable bonds is 1. The van der Waals surface area contributed by atoms with Crippen molar-refractivity contribution < 1.29 is 28.5 Å².